The van der Waals surface area contributed by atoms with E-state index in [0.717, 1.165) is 10.2 Å². The fourth-order valence-electron chi connectivity index (χ4n) is 3.77. The van der Waals surface area contributed by atoms with Crippen molar-refractivity contribution in [3.63, 3.8) is 0 Å². The molecular weight excluding hydrogens is 494 g/mol. The third-order valence-corrected chi connectivity index (χ3v) is 8.29. The molecule has 36 heavy (non-hydrogen) atoms. The monoisotopic (exact) mass is 511 g/mol. The van der Waals surface area contributed by atoms with E-state index in [0.29, 0.717) is 10.7 Å². The van der Waals surface area contributed by atoms with Crippen molar-refractivity contribution in [3.05, 3.63) is 91.1 Å². The molecule has 0 radical (unpaired) electrons. The van der Waals surface area contributed by atoms with Gasteiger partial charge in [0.05, 0.1) is 27.0 Å². The minimum absolute atomic E-state index is 0.0331. The summed E-state index contributed by atoms with van der Waals surface area (Å²) in [6.45, 7) is 0. The largest absolute Gasteiger partial charge is 0.380 e. The molecule has 0 aliphatic heterocycles. The number of benzene rings is 3. The van der Waals surface area contributed by atoms with Crippen molar-refractivity contribution in [2.24, 2.45) is 10.2 Å². The quantitative estimate of drug-likeness (QED) is 0.290. The Hall–Kier alpha value is -4.48. The van der Waals surface area contributed by atoms with Crippen molar-refractivity contribution in [3.8, 4) is 10.7 Å². The van der Waals surface area contributed by atoms with Gasteiger partial charge in [-0.1, -0.05) is 48.5 Å². The molecule has 0 fully saturated rings. The second kappa shape index (κ2) is 8.63. The van der Waals surface area contributed by atoms with Crippen molar-refractivity contribution < 1.29 is 8.42 Å². The number of rotatable bonds is 5. The van der Waals surface area contributed by atoms with Gasteiger partial charge in [0, 0.05) is 0 Å². The van der Waals surface area contributed by atoms with Crippen LogP contribution in [0, 0.1) is 0 Å². The van der Waals surface area contributed by atoms with Crippen LogP contribution in [0.1, 0.15) is 0 Å². The van der Waals surface area contributed by atoms with Crippen molar-refractivity contribution in [1.82, 2.24) is 19.6 Å². The highest BCUT2D eigenvalue weighted by atomic mass is 32.2. The van der Waals surface area contributed by atoms with Crippen LogP contribution in [0.3, 0.4) is 0 Å². The van der Waals surface area contributed by atoms with Gasteiger partial charge in [-0.05, 0) is 36.4 Å². The van der Waals surface area contributed by atoms with E-state index in [2.05, 4.69) is 20.3 Å². The molecule has 0 amide bonds. The van der Waals surface area contributed by atoms with E-state index in [4.69, 9.17) is 10.7 Å². The molecule has 11 heteroatoms. The minimum atomic E-state index is -3.96. The molecule has 0 saturated heterocycles. The van der Waals surface area contributed by atoms with Gasteiger partial charge in [0.2, 0.25) is 9.84 Å². The van der Waals surface area contributed by atoms with Crippen molar-refractivity contribution in [1.29, 1.82) is 0 Å². The van der Waals surface area contributed by atoms with Crippen LogP contribution in [0.15, 0.2) is 111 Å². The fraction of sp³-hybridized carbons (Fsp3) is 0. The second-order valence-electron chi connectivity index (χ2n) is 7.78. The summed E-state index contributed by atoms with van der Waals surface area (Å²) in [6, 6.07) is 24.9. The highest BCUT2D eigenvalue weighted by molar-refractivity contribution is 7.91. The summed E-state index contributed by atoms with van der Waals surface area (Å²) in [6.07, 6.45) is 1.31. The average molecular weight is 512 g/mol. The number of aromatic nitrogens is 4. The van der Waals surface area contributed by atoms with Crippen LogP contribution in [-0.2, 0) is 9.84 Å². The fourth-order valence-corrected chi connectivity index (χ4v) is 6.24. The predicted molar refractivity (Wildman–Crippen MR) is 139 cm³/mol. The molecule has 0 saturated carbocycles. The molecule has 0 atom stereocenters. The van der Waals surface area contributed by atoms with Crippen LogP contribution < -0.4 is 5.73 Å². The maximum Gasteiger partial charge on any atom is 0.210 e. The average Bonchev–Trinajstić information content (AvgIpc) is 3.48. The lowest BCUT2D eigenvalue weighted by molar-refractivity contribution is 0.595. The number of para-hydroxylation sites is 1. The lowest BCUT2D eigenvalue weighted by atomic mass is 10.3. The lowest BCUT2D eigenvalue weighted by Crippen LogP contribution is -2.09. The van der Waals surface area contributed by atoms with E-state index in [1.165, 1.54) is 22.0 Å². The smallest absolute Gasteiger partial charge is 0.210 e. The number of nitrogen functional groups attached to an aromatic ring is 1. The summed E-state index contributed by atoms with van der Waals surface area (Å²) in [5.74, 6) is 0.0683. The lowest BCUT2D eigenvalue weighted by Gasteiger charge is -2.10. The number of hydrogen-bond acceptors (Lipinski definition) is 9. The Balaban J connectivity index is 1.62. The van der Waals surface area contributed by atoms with Gasteiger partial charge in [-0.2, -0.15) is 5.11 Å². The molecule has 0 unspecified atom stereocenters. The number of fused-ring (bicyclic) bond motifs is 2. The zero-order valence-corrected chi connectivity index (χ0v) is 20.2. The molecule has 176 valence electrons. The van der Waals surface area contributed by atoms with Crippen molar-refractivity contribution in [2.45, 2.75) is 9.79 Å². The Morgan fingerprint density at radius 1 is 0.861 bits per heavy atom. The summed E-state index contributed by atoms with van der Waals surface area (Å²) in [7, 11) is -3.96. The van der Waals surface area contributed by atoms with E-state index in [9.17, 15) is 8.42 Å². The maximum atomic E-state index is 13.7. The molecule has 2 N–H and O–H groups in total. The second-order valence-corrected chi connectivity index (χ2v) is 10.7. The van der Waals surface area contributed by atoms with Crippen molar-refractivity contribution in [2.75, 3.05) is 5.73 Å². The number of anilines is 1. The normalized spacial score (nSPS) is 12.1. The molecule has 0 spiro atoms. The van der Waals surface area contributed by atoms with E-state index in [1.54, 1.807) is 42.5 Å². The third-order valence-electron chi connectivity index (χ3n) is 5.47. The zero-order valence-electron chi connectivity index (χ0n) is 18.6. The van der Waals surface area contributed by atoms with Crippen LogP contribution in [0.4, 0.5) is 17.2 Å². The first-order valence-electron chi connectivity index (χ1n) is 10.8. The Morgan fingerprint density at radius 2 is 1.56 bits per heavy atom. The Kier molecular flexibility index (Phi) is 5.28. The summed E-state index contributed by atoms with van der Waals surface area (Å²) in [5.41, 5.74) is 8.37. The van der Waals surface area contributed by atoms with E-state index in [-0.39, 0.29) is 32.6 Å². The number of nitrogens with zero attached hydrogens (tertiary/aromatic N) is 6. The number of nitrogens with two attached hydrogens (primary N) is 1. The molecular formula is C25H17N7O2S2. The molecule has 3 aromatic carbocycles. The molecule has 9 nitrogen and oxygen atoms in total. The number of thiazole rings is 1. The van der Waals surface area contributed by atoms with E-state index in [1.807, 2.05) is 42.5 Å². The van der Waals surface area contributed by atoms with Gasteiger partial charge in [0.1, 0.15) is 15.6 Å². The highest BCUT2D eigenvalue weighted by Gasteiger charge is 2.29. The van der Waals surface area contributed by atoms with E-state index >= 15 is 0 Å². The van der Waals surface area contributed by atoms with Gasteiger partial charge in [-0.3, -0.25) is 0 Å². The van der Waals surface area contributed by atoms with Gasteiger partial charge >= 0.3 is 0 Å². The van der Waals surface area contributed by atoms with Crippen LogP contribution >= 0.6 is 11.3 Å². The van der Waals surface area contributed by atoms with Gasteiger partial charge in [-0.25, -0.2) is 22.9 Å². The summed E-state index contributed by atoms with van der Waals surface area (Å²) >= 11 is 1.36. The molecule has 0 bridgehead atoms. The summed E-state index contributed by atoms with van der Waals surface area (Å²) < 4.78 is 29.7. The van der Waals surface area contributed by atoms with Crippen LogP contribution in [0.25, 0.3) is 26.6 Å². The van der Waals surface area contributed by atoms with Gasteiger partial charge < -0.3 is 5.73 Å². The van der Waals surface area contributed by atoms with Crippen LogP contribution in [-0.4, -0.2) is 28.0 Å². The van der Waals surface area contributed by atoms with Crippen LogP contribution in [0.5, 0.6) is 0 Å². The molecule has 0 aliphatic rings. The maximum absolute atomic E-state index is 13.7. The summed E-state index contributed by atoms with van der Waals surface area (Å²) in [5, 5.41) is 13.4. The first kappa shape index (κ1) is 22.0. The SMILES string of the molecule is Nc1nn2c(-c3nc4ccccc4s3)c(S(=O)(=O)c3ccccc3)cnc2c1N=Nc1ccccc1. The standard InChI is InChI=1S/C25H17N7O2S2/c26-23-21(30-29-16-9-3-1-4-10-16)24-27-15-20(36(33,34)17-11-5-2-6-12-17)22(32(24)31-23)25-28-18-13-7-8-14-19(18)35-25/h1-15H,(H2,26,31). The molecule has 3 heterocycles. The van der Waals surface area contributed by atoms with E-state index < -0.39 is 9.84 Å². The van der Waals surface area contributed by atoms with Crippen molar-refractivity contribution >= 4 is 54.2 Å². The first-order chi connectivity index (χ1) is 17.5. The molecule has 3 aromatic heterocycles. The highest BCUT2D eigenvalue weighted by Crippen LogP contribution is 2.39. The summed E-state index contributed by atoms with van der Waals surface area (Å²) in [4.78, 5) is 9.22. The molecule has 6 rings (SSSR count). The third kappa shape index (κ3) is 3.70. The molecule has 0 aliphatic carbocycles. The number of sulfone groups is 1. The number of azo groups is 1. The first-order valence-corrected chi connectivity index (χ1v) is 13.1. The van der Waals surface area contributed by atoms with Gasteiger partial charge in [0.25, 0.3) is 0 Å². The Morgan fingerprint density at radius 3 is 2.31 bits per heavy atom. The predicted octanol–water partition coefficient (Wildman–Crippen LogP) is 5.84. The van der Waals surface area contributed by atoms with Gasteiger partial charge in [-0.15, -0.1) is 21.5 Å². The zero-order chi connectivity index (χ0) is 24.7. The minimum Gasteiger partial charge on any atom is -0.380 e. The van der Waals surface area contributed by atoms with Gasteiger partial charge in [0.15, 0.2) is 17.2 Å². The Bertz CT molecular complexity index is 1830. The van der Waals surface area contributed by atoms with Crippen LogP contribution in [0.2, 0.25) is 0 Å². The molecule has 6 aromatic rings. The Labute approximate surface area is 209 Å². The number of hydrogen-bond donors (Lipinski definition) is 1. The topological polar surface area (TPSA) is 128 Å².